The predicted octanol–water partition coefficient (Wildman–Crippen LogP) is 1.19. The van der Waals surface area contributed by atoms with E-state index in [9.17, 15) is 4.79 Å². The zero-order valence-electron chi connectivity index (χ0n) is 7.67. The molecule has 0 aliphatic rings. The molecule has 0 aliphatic heterocycles. The zero-order chi connectivity index (χ0) is 9.40. The van der Waals surface area contributed by atoms with Crippen molar-refractivity contribution in [2.75, 3.05) is 18.6 Å². The van der Waals surface area contributed by atoms with E-state index < -0.39 is 5.97 Å². The standard InChI is InChI=1S/C8H17NO2S/c1-3-5-12-6-4-7(9-2)8(10)11/h7,9H,3-6H2,1-2H3,(H,10,11). The number of nitrogens with one attached hydrogen (secondary N) is 1. The Morgan fingerprint density at radius 2 is 2.25 bits per heavy atom. The summed E-state index contributed by atoms with van der Waals surface area (Å²) in [6, 6.07) is -0.380. The zero-order valence-corrected chi connectivity index (χ0v) is 8.49. The Bertz CT molecular complexity index is 130. The summed E-state index contributed by atoms with van der Waals surface area (Å²) in [5, 5.41) is 11.4. The van der Waals surface area contributed by atoms with Crippen LogP contribution in [-0.4, -0.2) is 35.7 Å². The van der Waals surface area contributed by atoms with Gasteiger partial charge in [-0.1, -0.05) is 6.92 Å². The first-order chi connectivity index (χ1) is 5.72. The topological polar surface area (TPSA) is 49.3 Å². The molecule has 0 saturated carbocycles. The van der Waals surface area contributed by atoms with Gasteiger partial charge in [0.1, 0.15) is 6.04 Å². The Balaban J connectivity index is 3.38. The molecule has 1 unspecified atom stereocenters. The third-order valence-electron chi connectivity index (χ3n) is 1.55. The van der Waals surface area contributed by atoms with Crippen molar-refractivity contribution < 1.29 is 9.90 Å². The Morgan fingerprint density at radius 3 is 2.67 bits per heavy atom. The Morgan fingerprint density at radius 1 is 1.58 bits per heavy atom. The van der Waals surface area contributed by atoms with Crippen LogP contribution in [0.25, 0.3) is 0 Å². The van der Waals surface area contributed by atoms with Crippen molar-refractivity contribution in [1.82, 2.24) is 5.32 Å². The fourth-order valence-corrected chi connectivity index (χ4v) is 1.73. The van der Waals surface area contributed by atoms with E-state index in [1.165, 1.54) is 0 Å². The van der Waals surface area contributed by atoms with E-state index in [4.69, 9.17) is 5.11 Å². The van der Waals surface area contributed by atoms with Gasteiger partial charge in [-0.05, 0) is 31.4 Å². The average Bonchev–Trinajstić information content (AvgIpc) is 2.04. The second-order valence-corrected chi connectivity index (χ2v) is 3.81. The lowest BCUT2D eigenvalue weighted by Gasteiger charge is -2.09. The van der Waals surface area contributed by atoms with Crippen molar-refractivity contribution in [2.45, 2.75) is 25.8 Å². The van der Waals surface area contributed by atoms with Crippen LogP contribution in [0.4, 0.5) is 0 Å². The molecule has 0 amide bonds. The highest BCUT2D eigenvalue weighted by molar-refractivity contribution is 7.99. The highest BCUT2D eigenvalue weighted by Crippen LogP contribution is 2.06. The Hall–Kier alpha value is -0.220. The van der Waals surface area contributed by atoms with Crippen LogP contribution >= 0.6 is 11.8 Å². The molecule has 0 bridgehead atoms. The number of hydrogen-bond acceptors (Lipinski definition) is 3. The molecular weight excluding hydrogens is 174 g/mol. The molecule has 0 saturated heterocycles. The quantitative estimate of drug-likeness (QED) is 0.594. The van der Waals surface area contributed by atoms with Gasteiger partial charge in [0.2, 0.25) is 0 Å². The van der Waals surface area contributed by atoms with Crippen LogP contribution in [-0.2, 0) is 4.79 Å². The summed E-state index contributed by atoms with van der Waals surface area (Å²) in [6.45, 7) is 2.12. The van der Waals surface area contributed by atoms with Crippen LogP contribution in [0.3, 0.4) is 0 Å². The van der Waals surface area contributed by atoms with Crippen molar-refractivity contribution in [3.63, 3.8) is 0 Å². The number of hydrogen-bond donors (Lipinski definition) is 2. The summed E-state index contributed by atoms with van der Waals surface area (Å²) >= 11 is 1.81. The minimum Gasteiger partial charge on any atom is -0.480 e. The highest BCUT2D eigenvalue weighted by Gasteiger charge is 2.13. The fraction of sp³-hybridized carbons (Fsp3) is 0.875. The van der Waals surface area contributed by atoms with Crippen LogP contribution < -0.4 is 5.32 Å². The average molecular weight is 191 g/mol. The molecule has 0 aromatic carbocycles. The monoisotopic (exact) mass is 191 g/mol. The molecule has 0 radical (unpaired) electrons. The Labute approximate surface area is 77.9 Å². The molecule has 1 atom stereocenters. The summed E-state index contributed by atoms with van der Waals surface area (Å²) in [7, 11) is 1.68. The maximum Gasteiger partial charge on any atom is 0.320 e. The molecule has 0 heterocycles. The van der Waals surface area contributed by atoms with Crippen molar-refractivity contribution in [1.29, 1.82) is 0 Å². The van der Waals surface area contributed by atoms with Crippen molar-refractivity contribution in [2.24, 2.45) is 0 Å². The number of aliphatic carboxylic acids is 1. The number of carbonyl (C=O) groups is 1. The van der Waals surface area contributed by atoms with Gasteiger partial charge in [0.15, 0.2) is 0 Å². The summed E-state index contributed by atoms with van der Waals surface area (Å²) < 4.78 is 0. The van der Waals surface area contributed by atoms with E-state index in [0.717, 1.165) is 17.9 Å². The van der Waals surface area contributed by atoms with E-state index in [-0.39, 0.29) is 6.04 Å². The maximum absolute atomic E-state index is 10.5. The van der Waals surface area contributed by atoms with E-state index in [1.807, 2.05) is 11.8 Å². The van der Waals surface area contributed by atoms with Crippen molar-refractivity contribution in [3.8, 4) is 0 Å². The van der Waals surface area contributed by atoms with Crippen LogP contribution in [0.1, 0.15) is 19.8 Å². The number of carboxylic acid groups (broad SMARTS) is 1. The first-order valence-corrected chi connectivity index (χ1v) is 5.35. The maximum atomic E-state index is 10.5. The van der Waals surface area contributed by atoms with Gasteiger partial charge in [0.05, 0.1) is 0 Å². The van der Waals surface area contributed by atoms with E-state index >= 15 is 0 Å². The summed E-state index contributed by atoms with van der Waals surface area (Å²) in [5.41, 5.74) is 0. The molecule has 12 heavy (non-hydrogen) atoms. The molecule has 0 fully saturated rings. The van der Waals surface area contributed by atoms with E-state index in [2.05, 4.69) is 12.2 Å². The lowest BCUT2D eigenvalue weighted by Crippen LogP contribution is -2.34. The molecule has 2 N–H and O–H groups in total. The van der Waals surface area contributed by atoms with Gasteiger partial charge in [-0.25, -0.2) is 0 Å². The van der Waals surface area contributed by atoms with Crippen LogP contribution in [0, 0.1) is 0 Å². The molecule has 72 valence electrons. The lowest BCUT2D eigenvalue weighted by atomic mass is 10.2. The lowest BCUT2D eigenvalue weighted by molar-refractivity contribution is -0.139. The van der Waals surface area contributed by atoms with Crippen molar-refractivity contribution >= 4 is 17.7 Å². The number of likely N-dealkylation sites (N-methyl/N-ethyl adjacent to an activating group) is 1. The summed E-state index contributed by atoms with van der Waals surface area (Å²) in [6.07, 6.45) is 1.86. The molecule has 0 aliphatic carbocycles. The third kappa shape index (κ3) is 5.43. The van der Waals surface area contributed by atoms with E-state index in [1.54, 1.807) is 7.05 Å². The minimum absolute atomic E-state index is 0.380. The number of thioether (sulfide) groups is 1. The van der Waals surface area contributed by atoms with E-state index in [0.29, 0.717) is 6.42 Å². The predicted molar refractivity (Wildman–Crippen MR) is 52.7 cm³/mol. The molecule has 0 rings (SSSR count). The number of rotatable bonds is 7. The van der Waals surface area contributed by atoms with Gasteiger partial charge in [0.25, 0.3) is 0 Å². The first-order valence-electron chi connectivity index (χ1n) is 4.20. The largest absolute Gasteiger partial charge is 0.480 e. The third-order valence-corrected chi connectivity index (χ3v) is 2.77. The summed E-state index contributed by atoms with van der Waals surface area (Å²) in [5.74, 6) is 1.29. The van der Waals surface area contributed by atoms with Gasteiger partial charge in [-0.15, -0.1) is 0 Å². The normalized spacial score (nSPS) is 12.8. The van der Waals surface area contributed by atoms with Gasteiger partial charge < -0.3 is 10.4 Å². The minimum atomic E-state index is -0.755. The first kappa shape index (κ1) is 11.8. The molecule has 0 spiro atoms. The molecule has 3 nitrogen and oxygen atoms in total. The molecule has 4 heteroatoms. The van der Waals surface area contributed by atoms with Gasteiger partial charge in [0, 0.05) is 0 Å². The molecule has 0 aromatic heterocycles. The van der Waals surface area contributed by atoms with Gasteiger partial charge >= 0.3 is 5.97 Å². The molecule has 0 aromatic rings. The van der Waals surface area contributed by atoms with Gasteiger partial charge in [-0.3, -0.25) is 4.79 Å². The Kier molecular flexibility index (Phi) is 7.29. The van der Waals surface area contributed by atoms with Crippen LogP contribution in [0.15, 0.2) is 0 Å². The number of carboxylic acids is 1. The fourth-order valence-electron chi connectivity index (χ4n) is 0.839. The second-order valence-electron chi connectivity index (χ2n) is 2.58. The second kappa shape index (κ2) is 7.43. The van der Waals surface area contributed by atoms with Crippen LogP contribution in [0.5, 0.6) is 0 Å². The van der Waals surface area contributed by atoms with Crippen LogP contribution in [0.2, 0.25) is 0 Å². The highest BCUT2D eigenvalue weighted by atomic mass is 32.2. The SMILES string of the molecule is CCCSCCC(NC)C(=O)O. The molecular formula is C8H17NO2S. The van der Waals surface area contributed by atoms with Crippen molar-refractivity contribution in [3.05, 3.63) is 0 Å². The smallest absolute Gasteiger partial charge is 0.320 e. The summed E-state index contributed by atoms with van der Waals surface area (Å²) in [4.78, 5) is 10.5. The van der Waals surface area contributed by atoms with Gasteiger partial charge in [-0.2, -0.15) is 11.8 Å².